The molecule has 0 amide bonds. The fraction of sp³-hybridized carbons (Fsp3) is 0.250. The molecule has 0 radical (unpaired) electrons. The van der Waals surface area contributed by atoms with Crippen LogP contribution in [0.25, 0.3) is 0 Å². The summed E-state index contributed by atoms with van der Waals surface area (Å²) >= 11 is 3.16. The van der Waals surface area contributed by atoms with E-state index < -0.39 is 0 Å². The summed E-state index contributed by atoms with van der Waals surface area (Å²) in [6.45, 7) is 0. The molecular weight excluding hydrogens is 222 g/mol. The third-order valence-electron chi connectivity index (χ3n) is 1.36. The normalized spacial score (nSPS) is 12.2. The summed E-state index contributed by atoms with van der Waals surface area (Å²) in [5.41, 5.74) is 0.657. The van der Waals surface area contributed by atoms with E-state index in [4.69, 9.17) is 4.74 Å². The van der Waals surface area contributed by atoms with Gasteiger partial charge in [-0.2, -0.15) is 0 Å². The number of nitrogens with zero attached hydrogens (tertiary/aromatic N) is 1. The highest BCUT2D eigenvalue weighted by atomic mass is 79.9. The first-order chi connectivity index (χ1) is 5.77. The van der Waals surface area contributed by atoms with E-state index in [0.717, 1.165) is 6.29 Å². The summed E-state index contributed by atoms with van der Waals surface area (Å²) in [6, 6.07) is 5.28. The standard InChI is InChI=1S/C8H8BrNO2/c1-12-8-4-2-3-7(10-8)6(9)5-11/h2-6H,1H3/t6-/m1/s1. The maximum atomic E-state index is 10.4. The minimum Gasteiger partial charge on any atom is -0.481 e. The van der Waals surface area contributed by atoms with Crippen LogP contribution in [0.4, 0.5) is 0 Å². The highest BCUT2D eigenvalue weighted by Crippen LogP contribution is 2.19. The number of rotatable bonds is 3. The Bertz CT molecular complexity index is 278. The van der Waals surface area contributed by atoms with E-state index in [9.17, 15) is 4.79 Å². The maximum absolute atomic E-state index is 10.4. The average molecular weight is 230 g/mol. The lowest BCUT2D eigenvalue weighted by molar-refractivity contribution is -0.107. The Labute approximate surface area is 78.9 Å². The van der Waals surface area contributed by atoms with Gasteiger partial charge in [0, 0.05) is 6.07 Å². The second-order valence-electron chi connectivity index (χ2n) is 2.14. The van der Waals surface area contributed by atoms with Crippen molar-refractivity contribution in [2.45, 2.75) is 4.83 Å². The molecule has 0 aromatic carbocycles. The van der Waals surface area contributed by atoms with Crippen molar-refractivity contribution in [2.75, 3.05) is 7.11 Å². The largest absolute Gasteiger partial charge is 0.481 e. The first-order valence-electron chi connectivity index (χ1n) is 3.38. The smallest absolute Gasteiger partial charge is 0.213 e. The number of ether oxygens (including phenoxy) is 1. The zero-order chi connectivity index (χ0) is 8.97. The Morgan fingerprint density at radius 1 is 1.67 bits per heavy atom. The van der Waals surface area contributed by atoms with Gasteiger partial charge >= 0.3 is 0 Å². The van der Waals surface area contributed by atoms with Gasteiger partial charge in [-0.1, -0.05) is 22.0 Å². The van der Waals surface area contributed by atoms with Gasteiger partial charge in [0.15, 0.2) is 0 Å². The highest BCUT2D eigenvalue weighted by molar-refractivity contribution is 9.09. The van der Waals surface area contributed by atoms with E-state index in [0.29, 0.717) is 11.6 Å². The Balaban J connectivity index is 2.93. The fourth-order valence-corrected chi connectivity index (χ4v) is 1.02. The zero-order valence-corrected chi connectivity index (χ0v) is 8.11. The van der Waals surface area contributed by atoms with E-state index in [1.165, 1.54) is 7.11 Å². The third-order valence-corrected chi connectivity index (χ3v) is 2.04. The van der Waals surface area contributed by atoms with Crippen LogP contribution in [0.5, 0.6) is 5.88 Å². The molecule has 0 bridgehead atoms. The van der Waals surface area contributed by atoms with Gasteiger partial charge in [-0.25, -0.2) is 4.98 Å². The van der Waals surface area contributed by atoms with Crippen LogP contribution in [0.3, 0.4) is 0 Å². The quantitative estimate of drug-likeness (QED) is 0.586. The van der Waals surface area contributed by atoms with E-state index in [1.54, 1.807) is 18.2 Å². The van der Waals surface area contributed by atoms with E-state index >= 15 is 0 Å². The van der Waals surface area contributed by atoms with Gasteiger partial charge < -0.3 is 9.53 Å². The number of aromatic nitrogens is 1. The van der Waals surface area contributed by atoms with Crippen LogP contribution in [0.1, 0.15) is 10.5 Å². The molecular formula is C8H8BrNO2. The molecule has 0 aliphatic carbocycles. The minimum absolute atomic E-state index is 0.354. The van der Waals surface area contributed by atoms with Crippen molar-refractivity contribution in [3.8, 4) is 5.88 Å². The van der Waals surface area contributed by atoms with Crippen molar-refractivity contribution in [1.29, 1.82) is 0 Å². The molecule has 0 spiro atoms. The molecule has 1 aromatic rings. The van der Waals surface area contributed by atoms with Gasteiger partial charge in [0.1, 0.15) is 11.1 Å². The molecule has 0 saturated heterocycles. The second kappa shape index (κ2) is 4.21. The molecule has 3 nitrogen and oxygen atoms in total. The summed E-state index contributed by atoms with van der Waals surface area (Å²) in [4.78, 5) is 14.1. The molecule has 64 valence electrons. The molecule has 4 heteroatoms. The van der Waals surface area contributed by atoms with Crippen molar-refractivity contribution in [3.05, 3.63) is 23.9 Å². The number of methoxy groups -OCH3 is 1. The Kier molecular flexibility index (Phi) is 3.22. The van der Waals surface area contributed by atoms with Gasteiger partial charge in [0.25, 0.3) is 0 Å². The maximum Gasteiger partial charge on any atom is 0.213 e. The minimum atomic E-state index is -0.354. The van der Waals surface area contributed by atoms with Gasteiger partial charge in [0.2, 0.25) is 5.88 Å². The van der Waals surface area contributed by atoms with Crippen LogP contribution in [-0.2, 0) is 4.79 Å². The molecule has 1 rings (SSSR count). The topological polar surface area (TPSA) is 39.2 Å². The molecule has 0 fully saturated rings. The summed E-state index contributed by atoms with van der Waals surface area (Å²) in [6.07, 6.45) is 0.780. The average Bonchev–Trinajstić information content (AvgIpc) is 2.17. The number of carbonyl (C=O) groups is 1. The summed E-state index contributed by atoms with van der Waals surface area (Å²) < 4.78 is 4.90. The molecule has 1 heterocycles. The number of aldehydes is 1. The van der Waals surface area contributed by atoms with Gasteiger partial charge in [-0.3, -0.25) is 0 Å². The SMILES string of the molecule is COc1cccc([C@H](Br)C=O)n1. The zero-order valence-electron chi connectivity index (χ0n) is 6.53. The fourth-order valence-electron chi connectivity index (χ4n) is 0.768. The lowest BCUT2D eigenvalue weighted by Crippen LogP contribution is -1.96. The van der Waals surface area contributed by atoms with Crippen molar-refractivity contribution < 1.29 is 9.53 Å². The molecule has 0 saturated carbocycles. The lowest BCUT2D eigenvalue weighted by atomic mass is 10.3. The molecule has 0 aliphatic heterocycles. The third kappa shape index (κ3) is 2.04. The number of carbonyl (C=O) groups excluding carboxylic acids is 1. The Hall–Kier alpha value is -0.900. The van der Waals surface area contributed by atoms with Crippen LogP contribution in [0, 0.1) is 0 Å². The van der Waals surface area contributed by atoms with E-state index in [2.05, 4.69) is 20.9 Å². The number of alkyl halides is 1. The predicted octanol–water partition coefficient (Wildman–Crippen LogP) is 1.73. The summed E-state index contributed by atoms with van der Waals surface area (Å²) in [7, 11) is 1.54. The number of hydrogen-bond acceptors (Lipinski definition) is 3. The van der Waals surface area contributed by atoms with Crippen LogP contribution >= 0.6 is 15.9 Å². The predicted molar refractivity (Wildman–Crippen MR) is 48.5 cm³/mol. The monoisotopic (exact) mass is 229 g/mol. The summed E-state index contributed by atoms with van der Waals surface area (Å²) in [5, 5.41) is 0. The molecule has 1 atom stereocenters. The molecule has 0 N–H and O–H groups in total. The highest BCUT2D eigenvalue weighted by Gasteiger charge is 2.07. The lowest BCUT2D eigenvalue weighted by Gasteiger charge is -2.03. The van der Waals surface area contributed by atoms with Crippen molar-refractivity contribution >= 4 is 22.2 Å². The van der Waals surface area contributed by atoms with Crippen LogP contribution < -0.4 is 4.74 Å². The van der Waals surface area contributed by atoms with Gasteiger partial charge in [0.05, 0.1) is 12.8 Å². The molecule has 1 aromatic heterocycles. The van der Waals surface area contributed by atoms with Gasteiger partial charge in [-0.05, 0) is 6.07 Å². The van der Waals surface area contributed by atoms with Crippen LogP contribution in [-0.4, -0.2) is 18.4 Å². The van der Waals surface area contributed by atoms with E-state index in [1.807, 2.05) is 0 Å². The number of halogens is 1. The first-order valence-corrected chi connectivity index (χ1v) is 4.30. The first kappa shape index (κ1) is 9.19. The Morgan fingerprint density at radius 3 is 3.00 bits per heavy atom. The van der Waals surface area contributed by atoms with Crippen molar-refractivity contribution in [2.24, 2.45) is 0 Å². The van der Waals surface area contributed by atoms with Gasteiger partial charge in [-0.15, -0.1) is 0 Å². The molecule has 12 heavy (non-hydrogen) atoms. The van der Waals surface area contributed by atoms with E-state index in [-0.39, 0.29) is 4.83 Å². The molecule has 0 aliphatic rings. The van der Waals surface area contributed by atoms with Crippen LogP contribution in [0.2, 0.25) is 0 Å². The summed E-state index contributed by atoms with van der Waals surface area (Å²) in [5.74, 6) is 0.513. The number of pyridine rings is 1. The number of hydrogen-bond donors (Lipinski definition) is 0. The molecule has 0 unspecified atom stereocenters. The van der Waals surface area contributed by atoms with Crippen molar-refractivity contribution in [3.63, 3.8) is 0 Å². The second-order valence-corrected chi connectivity index (χ2v) is 3.13. The Morgan fingerprint density at radius 2 is 2.42 bits per heavy atom. The van der Waals surface area contributed by atoms with Crippen LogP contribution in [0.15, 0.2) is 18.2 Å². The van der Waals surface area contributed by atoms with Crippen molar-refractivity contribution in [1.82, 2.24) is 4.98 Å².